The second kappa shape index (κ2) is 4.07. The van der Waals surface area contributed by atoms with E-state index in [1.54, 1.807) is 33.0 Å². The van der Waals surface area contributed by atoms with Gasteiger partial charge in [0.05, 0.1) is 5.60 Å². The van der Waals surface area contributed by atoms with Crippen molar-refractivity contribution in [3.8, 4) is 0 Å². The first-order chi connectivity index (χ1) is 6.47. The van der Waals surface area contributed by atoms with Crippen molar-refractivity contribution in [2.24, 2.45) is 0 Å². The maximum Gasteiger partial charge on any atom is 0.126 e. The Balaban J connectivity index is 3.01. The van der Waals surface area contributed by atoms with Crippen molar-refractivity contribution < 1.29 is 9.50 Å². The smallest absolute Gasteiger partial charge is 0.126 e. The molecule has 14 heavy (non-hydrogen) atoms. The van der Waals surface area contributed by atoms with Gasteiger partial charge in [-0.25, -0.2) is 4.39 Å². The molecule has 0 heterocycles. The summed E-state index contributed by atoms with van der Waals surface area (Å²) in [6, 6.07) is 4.80. The van der Waals surface area contributed by atoms with Gasteiger partial charge >= 0.3 is 0 Å². The van der Waals surface area contributed by atoms with Crippen LogP contribution in [0.25, 0.3) is 0 Å². The lowest BCUT2D eigenvalue weighted by atomic mass is 9.95. The van der Waals surface area contributed by atoms with E-state index in [1.165, 1.54) is 6.07 Å². The summed E-state index contributed by atoms with van der Waals surface area (Å²) in [5.41, 5.74) is 0.160. The average molecular weight is 197 g/mol. The van der Waals surface area contributed by atoms with Crippen LogP contribution in [0.1, 0.15) is 18.1 Å². The molecule has 0 saturated carbocycles. The zero-order valence-corrected chi connectivity index (χ0v) is 8.76. The first-order valence-corrected chi connectivity index (χ1v) is 4.61. The molecule has 2 nitrogen and oxygen atoms in total. The monoisotopic (exact) mass is 197 g/mol. The highest BCUT2D eigenvalue weighted by Crippen LogP contribution is 2.21. The van der Waals surface area contributed by atoms with Crippen molar-refractivity contribution in [3.63, 3.8) is 0 Å². The molecule has 2 N–H and O–H groups in total. The van der Waals surface area contributed by atoms with Gasteiger partial charge in [0.25, 0.3) is 0 Å². The van der Waals surface area contributed by atoms with Gasteiger partial charge in [-0.1, -0.05) is 12.1 Å². The van der Waals surface area contributed by atoms with Crippen LogP contribution >= 0.6 is 0 Å². The highest BCUT2D eigenvalue weighted by atomic mass is 19.1. The quantitative estimate of drug-likeness (QED) is 0.770. The lowest BCUT2D eigenvalue weighted by molar-refractivity contribution is 0.0588. The van der Waals surface area contributed by atoms with E-state index in [0.717, 1.165) is 0 Å². The zero-order chi connectivity index (χ0) is 10.8. The number of likely N-dealkylation sites (N-methyl/N-ethyl adjacent to an activating group) is 1. The van der Waals surface area contributed by atoms with E-state index in [9.17, 15) is 9.50 Å². The molecule has 1 aromatic rings. The van der Waals surface area contributed by atoms with Crippen LogP contribution in [-0.2, 0) is 5.60 Å². The predicted octanol–water partition coefficient (Wildman–Crippen LogP) is 1.56. The SMILES string of the molecule is CNCC(C)(O)c1ccc(C)c(F)c1. The number of aryl methyl sites for hydroxylation is 1. The molecule has 0 saturated heterocycles. The molecule has 0 amide bonds. The number of halogens is 1. The number of benzene rings is 1. The third-order valence-electron chi connectivity index (χ3n) is 2.31. The molecule has 0 aromatic heterocycles. The Morgan fingerprint density at radius 1 is 1.50 bits per heavy atom. The van der Waals surface area contributed by atoms with E-state index in [0.29, 0.717) is 17.7 Å². The molecule has 0 aliphatic carbocycles. The fourth-order valence-corrected chi connectivity index (χ4v) is 1.37. The normalized spacial score (nSPS) is 15.2. The number of aliphatic hydroxyl groups is 1. The molecule has 3 heteroatoms. The standard InChI is InChI=1S/C11H16FNO/c1-8-4-5-9(6-10(8)12)11(2,14)7-13-3/h4-6,13-14H,7H2,1-3H3. The summed E-state index contributed by atoms with van der Waals surface area (Å²) in [6.07, 6.45) is 0. The molecular weight excluding hydrogens is 181 g/mol. The van der Waals surface area contributed by atoms with Crippen LogP contribution < -0.4 is 5.32 Å². The largest absolute Gasteiger partial charge is 0.384 e. The van der Waals surface area contributed by atoms with Gasteiger partial charge in [-0.05, 0) is 38.1 Å². The van der Waals surface area contributed by atoms with Gasteiger partial charge in [-0.3, -0.25) is 0 Å². The Hall–Kier alpha value is -0.930. The molecule has 1 aromatic carbocycles. The number of hydrogen-bond acceptors (Lipinski definition) is 2. The van der Waals surface area contributed by atoms with Crippen LogP contribution in [0.15, 0.2) is 18.2 Å². The van der Waals surface area contributed by atoms with Gasteiger partial charge in [0, 0.05) is 6.54 Å². The Morgan fingerprint density at radius 2 is 2.14 bits per heavy atom. The number of nitrogens with one attached hydrogen (secondary N) is 1. The first-order valence-electron chi connectivity index (χ1n) is 4.61. The van der Waals surface area contributed by atoms with Crippen LogP contribution in [0.3, 0.4) is 0 Å². The minimum Gasteiger partial charge on any atom is -0.384 e. The topological polar surface area (TPSA) is 32.3 Å². The van der Waals surface area contributed by atoms with Crippen LogP contribution in [0, 0.1) is 12.7 Å². The highest BCUT2D eigenvalue weighted by Gasteiger charge is 2.22. The van der Waals surface area contributed by atoms with Crippen LogP contribution in [0.2, 0.25) is 0 Å². The van der Waals surface area contributed by atoms with Gasteiger partial charge in [0.2, 0.25) is 0 Å². The fourth-order valence-electron chi connectivity index (χ4n) is 1.37. The lowest BCUT2D eigenvalue weighted by Gasteiger charge is -2.23. The van der Waals surface area contributed by atoms with E-state index in [2.05, 4.69) is 5.32 Å². The second-order valence-electron chi connectivity index (χ2n) is 3.77. The van der Waals surface area contributed by atoms with Gasteiger partial charge in [-0.15, -0.1) is 0 Å². The first kappa shape index (κ1) is 11.1. The van der Waals surface area contributed by atoms with Crippen LogP contribution in [0.4, 0.5) is 4.39 Å². The minimum atomic E-state index is -1.02. The molecular formula is C11H16FNO. The van der Waals surface area contributed by atoms with Crippen molar-refractivity contribution >= 4 is 0 Å². The maximum absolute atomic E-state index is 13.2. The third kappa shape index (κ3) is 2.30. The van der Waals surface area contributed by atoms with Crippen molar-refractivity contribution in [2.75, 3.05) is 13.6 Å². The predicted molar refractivity (Wildman–Crippen MR) is 54.6 cm³/mol. The van der Waals surface area contributed by atoms with E-state index >= 15 is 0 Å². The van der Waals surface area contributed by atoms with Crippen LogP contribution in [0.5, 0.6) is 0 Å². The zero-order valence-electron chi connectivity index (χ0n) is 8.76. The van der Waals surface area contributed by atoms with Crippen molar-refractivity contribution in [1.82, 2.24) is 5.32 Å². The van der Waals surface area contributed by atoms with Crippen molar-refractivity contribution in [1.29, 1.82) is 0 Å². The Bertz CT molecular complexity index is 323. The maximum atomic E-state index is 13.2. The summed E-state index contributed by atoms with van der Waals surface area (Å²) in [7, 11) is 1.75. The van der Waals surface area contributed by atoms with E-state index in [1.807, 2.05) is 0 Å². The fraction of sp³-hybridized carbons (Fsp3) is 0.455. The summed E-state index contributed by atoms with van der Waals surface area (Å²) in [4.78, 5) is 0. The molecule has 0 aliphatic heterocycles. The van der Waals surface area contributed by atoms with Gasteiger partial charge in [0.15, 0.2) is 0 Å². The average Bonchev–Trinajstić information content (AvgIpc) is 2.09. The molecule has 0 fully saturated rings. The van der Waals surface area contributed by atoms with Crippen molar-refractivity contribution in [3.05, 3.63) is 35.1 Å². The number of rotatable bonds is 3. The molecule has 1 unspecified atom stereocenters. The minimum absolute atomic E-state index is 0.279. The Kier molecular flexibility index (Phi) is 3.24. The van der Waals surface area contributed by atoms with Gasteiger partial charge in [0.1, 0.15) is 5.82 Å². The van der Waals surface area contributed by atoms with E-state index < -0.39 is 5.60 Å². The molecule has 78 valence electrons. The molecule has 0 spiro atoms. The Labute approximate surface area is 83.8 Å². The molecule has 1 atom stereocenters. The molecule has 1 rings (SSSR count). The Morgan fingerprint density at radius 3 is 2.64 bits per heavy atom. The molecule has 0 aliphatic rings. The van der Waals surface area contributed by atoms with Crippen LogP contribution in [-0.4, -0.2) is 18.7 Å². The van der Waals surface area contributed by atoms with Gasteiger partial charge < -0.3 is 10.4 Å². The summed E-state index contributed by atoms with van der Waals surface area (Å²) in [5.74, 6) is -0.279. The molecule has 0 radical (unpaired) electrons. The summed E-state index contributed by atoms with van der Waals surface area (Å²) < 4.78 is 13.2. The summed E-state index contributed by atoms with van der Waals surface area (Å²) in [6.45, 7) is 3.76. The second-order valence-corrected chi connectivity index (χ2v) is 3.77. The van der Waals surface area contributed by atoms with Gasteiger partial charge in [-0.2, -0.15) is 0 Å². The van der Waals surface area contributed by atoms with E-state index in [4.69, 9.17) is 0 Å². The van der Waals surface area contributed by atoms with E-state index in [-0.39, 0.29) is 5.82 Å². The highest BCUT2D eigenvalue weighted by molar-refractivity contribution is 5.27. The summed E-state index contributed by atoms with van der Waals surface area (Å²) >= 11 is 0. The summed E-state index contributed by atoms with van der Waals surface area (Å²) in [5, 5.41) is 12.8. The number of hydrogen-bond donors (Lipinski definition) is 2. The van der Waals surface area contributed by atoms with Crippen molar-refractivity contribution in [2.45, 2.75) is 19.4 Å². The lowest BCUT2D eigenvalue weighted by Crippen LogP contribution is -2.33. The molecule has 0 bridgehead atoms. The third-order valence-corrected chi connectivity index (χ3v) is 2.31.